The molecule has 7 nitrogen and oxygen atoms in total. The van der Waals surface area contributed by atoms with Crippen LogP contribution in [0.3, 0.4) is 0 Å². The number of halogens is 2. The van der Waals surface area contributed by atoms with E-state index in [1.165, 1.54) is 11.0 Å². The van der Waals surface area contributed by atoms with Gasteiger partial charge in [0.25, 0.3) is 11.8 Å². The molecule has 1 saturated carbocycles. The number of anilines is 1. The number of carbonyl (C=O) groups excluding carboxylic acids is 1. The number of nitrogens with one attached hydrogen (secondary N) is 1. The first-order valence-corrected chi connectivity index (χ1v) is 9.92. The smallest absolute Gasteiger partial charge is 0.305 e. The minimum atomic E-state index is -2.73. The summed E-state index contributed by atoms with van der Waals surface area (Å²) in [6.07, 6.45) is 2.45. The molecule has 0 spiro atoms. The monoisotopic (exact) mass is 411 g/mol. The average Bonchev–Trinajstić information content (AvgIpc) is 3.40. The number of rotatable bonds is 10. The molecular weight excluding hydrogens is 384 g/mol. The Hall–Kier alpha value is -2.45. The minimum absolute atomic E-state index is 0.0750. The highest BCUT2D eigenvalue weighted by molar-refractivity contribution is 5.93. The standard InChI is InChI=1S/C20H27F2N3O4/c1-12(2)7-14(8-17(26)27)23-18(28)15-5-6-16(25-10-20(21,22)11-25)19(24-15)29-9-13-3-4-13/h5-6,12-14H,3-4,7-11H2,1-2H3,(H,23,28)(H,26,27). The number of alkyl halides is 2. The lowest BCUT2D eigenvalue weighted by atomic mass is 10.0. The Morgan fingerprint density at radius 2 is 2.03 bits per heavy atom. The van der Waals surface area contributed by atoms with Gasteiger partial charge < -0.3 is 20.1 Å². The molecule has 29 heavy (non-hydrogen) atoms. The van der Waals surface area contributed by atoms with Gasteiger partial charge in [-0.15, -0.1) is 0 Å². The van der Waals surface area contributed by atoms with Crippen LogP contribution in [0, 0.1) is 11.8 Å². The predicted octanol–water partition coefficient (Wildman–Crippen LogP) is 2.94. The van der Waals surface area contributed by atoms with Crippen molar-refractivity contribution in [3.63, 3.8) is 0 Å². The first kappa shape index (κ1) is 21.3. The van der Waals surface area contributed by atoms with E-state index in [4.69, 9.17) is 9.84 Å². The van der Waals surface area contributed by atoms with E-state index in [0.717, 1.165) is 12.8 Å². The Morgan fingerprint density at radius 1 is 1.34 bits per heavy atom. The molecule has 1 unspecified atom stereocenters. The van der Waals surface area contributed by atoms with E-state index in [0.29, 0.717) is 24.6 Å². The molecule has 9 heteroatoms. The Balaban J connectivity index is 1.74. The number of hydrogen-bond donors (Lipinski definition) is 2. The second-order valence-corrected chi connectivity index (χ2v) is 8.38. The van der Waals surface area contributed by atoms with Crippen molar-refractivity contribution in [3.05, 3.63) is 17.8 Å². The van der Waals surface area contributed by atoms with Crippen LogP contribution in [0.4, 0.5) is 14.5 Å². The number of amides is 1. The van der Waals surface area contributed by atoms with E-state index in [2.05, 4.69) is 10.3 Å². The zero-order valence-electron chi connectivity index (χ0n) is 16.7. The summed E-state index contributed by atoms with van der Waals surface area (Å²) in [4.78, 5) is 29.5. The largest absolute Gasteiger partial charge is 0.481 e. The van der Waals surface area contributed by atoms with Crippen LogP contribution < -0.4 is 15.0 Å². The second kappa shape index (κ2) is 8.51. The van der Waals surface area contributed by atoms with Gasteiger partial charge in [-0.05, 0) is 43.2 Å². The summed E-state index contributed by atoms with van der Waals surface area (Å²) in [6, 6.07) is 2.50. The van der Waals surface area contributed by atoms with Crippen molar-refractivity contribution in [2.24, 2.45) is 11.8 Å². The third kappa shape index (κ3) is 6.01. The molecule has 1 aliphatic heterocycles. The van der Waals surface area contributed by atoms with Gasteiger partial charge in [0.05, 0.1) is 26.1 Å². The Morgan fingerprint density at radius 3 is 2.59 bits per heavy atom. The molecule has 1 amide bonds. The van der Waals surface area contributed by atoms with Crippen LogP contribution in [-0.4, -0.2) is 53.6 Å². The third-order valence-electron chi connectivity index (χ3n) is 4.92. The number of aliphatic carboxylic acids is 1. The fraction of sp³-hybridized carbons (Fsp3) is 0.650. The van der Waals surface area contributed by atoms with E-state index in [9.17, 15) is 18.4 Å². The van der Waals surface area contributed by atoms with Crippen LogP contribution in [0.25, 0.3) is 0 Å². The van der Waals surface area contributed by atoms with Crippen molar-refractivity contribution in [3.8, 4) is 5.88 Å². The number of nitrogens with zero attached hydrogens (tertiary/aromatic N) is 2. The molecule has 0 aromatic carbocycles. The normalized spacial score (nSPS) is 18.9. The van der Waals surface area contributed by atoms with Crippen molar-refractivity contribution in [1.29, 1.82) is 0 Å². The van der Waals surface area contributed by atoms with Crippen LogP contribution in [0.15, 0.2) is 12.1 Å². The van der Waals surface area contributed by atoms with Gasteiger partial charge in [-0.3, -0.25) is 9.59 Å². The number of hydrogen-bond acceptors (Lipinski definition) is 5. The summed E-state index contributed by atoms with van der Waals surface area (Å²) in [5.41, 5.74) is 0.517. The zero-order valence-corrected chi connectivity index (χ0v) is 16.7. The van der Waals surface area contributed by atoms with Crippen LogP contribution >= 0.6 is 0 Å². The summed E-state index contributed by atoms with van der Waals surface area (Å²) in [5, 5.41) is 11.8. The lowest BCUT2D eigenvalue weighted by Crippen LogP contribution is -2.56. The first-order chi connectivity index (χ1) is 13.6. The van der Waals surface area contributed by atoms with Crippen LogP contribution in [-0.2, 0) is 4.79 Å². The third-order valence-corrected chi connectivity index (χ3v) is 4.92. The summed E-state index contributed by atoms with van der Waals surface area (Å²) in [7, 11) is 0. The number of aromatic nitrogens is 1. The fourth-order valence-electron chi connectivity index (χ4n) is 3.30. The van der Waals surface area contributed by atoms with Gasteiger partial charge in [0, 0.05) is 6.04 Å². The number of carboxylic acid groups (broad SMARTS) is 1. The van der Waals surface area contributed by atoms with E-state index < -0.39 is 36.9 Å². The van der Waals surface area contributed by atoms with Gasteiger partial charge in [0.1, 0.15) is 11.4 Å². The van der Waals surface area contributed by atoms with E-state index >= 15 is 0 Å². The molecule has 1 saturated heterocycles. The maximum absolute atomic E-state index is 13.3. The second-order valence-electron chi connectivity index (χ2n) is 8.38. The average molecular weight is 411 g/mol. The molecule has 2 N–H and O–H groups in total. The lowest BCUT2D eigenvalue weighted by molar-refractivity contribution is -0.137. The van der Waals surface area contributed by atoms with Gasteiger partial charge in [-0.25, -0.2) is 13.8 Å². The Labute approximate surface area is 168 Å². The van der Waals surface area contributed by atoms with E-state index in [1.54, 1.807) is 6.07 Å². The maximum atomic E-state index is 13.3. The molecule has 1 aliphatic carbocycles. The molecule has 1 atom stereocenters. The summed E-state index contributed by atoms with van der Waals surface area (Å²) >= 11 is 0. The van der Waals surface area contributed by atoms with Crippen molar-refractivity contribution >= 4 is 17.6 Å². The lowest BCUT2D eigenvalue weighted by Gasteiger charge is -2.40. The van der Waals surface area contributed by atoms with Crippen molar-refractivity contribution in [1.82, 2.24) is 10.3 Å². The fourth-order valence-corrected chi connectivity index (χ4v) is 3.30. The van der Waals surface area contributed by atoms with Crippen LogP contribution in [0.2, 0.25) is 0 Å². The molecule has 0 radical (unpaired) electrons. The number of carboxylic acids is 1. The van der Waals surface area contributed by atoms with Gasteiger partial charge in [0.15, 0.2) is 0 Å². The molecule has 1 aromatic heterocycles. The molecule has 2 heterocycles. The molecule has 2 aliphatic rings. The van der Waals surface area contributed by atoms with Crippen LogP contribution in [0.1, 0.15) is 50.0 Å². The van der Waals surface area contributed by atoms with Gasteiger partial charge in [-0.2, -0.15) is 0 Å². The minimum Gasteiger partial charge on any atom is -0.481 e. The maximum Gasteiger partial charge on any atom is 0.305 e. The zero-order chi connectivity index (χ0) is 21.2. The quantitative estimate of drug-likeness (QED) is 0.615. The topological polar surface area (TPSA) is 91.8 Å². The highest BCUT2D eigenvalue weighted by atomic mass is 19.3. The van der Waals surface area contributed by atoms with E-state index in [1.807, 2.05) is 13.8 Å². The van der Waals surface area contributed by atoms with Gasteiger partial charge >= 0.3 is 5.97 Å². The number of ether oxygens (including phenoxy) is 1. The first-order valence-electron chi connectivity index (χ1n) is 9.92. The van der Waals surface area contributed by atoms with Crippen LogP contribution in [0.5, 0.6) is 5.88 Å². The Kier molecular flexibility index (Phi) is 6.24. The van der Waals surface area contributed by atoms with Crippen molar-refractivity contribution in [2.75, 3.05) is 24.6 Å². The molecule has 2 fully saturated rings. The summed E-state index contributed by atoms with van der Waals surface area (Å²) in [6.45, 7) is 3.51. The van der Waals surface area contributed by atoms with E-state index in [-0.39, 0.29) is 23.9 Å². The molecular formula is C20H27F2N3O4. The summed E-state index contributed by atoms with van der Waals surface area (Å²) in [5.74, 6) is -3.42. The van der Waals surface area contributed by atoms with Crippen molar-refractivity contribution in [2.45, 2.75) is 51.5 Å². The summed E-state index contributed by atoms with van der Waals surface area (Å²) < 4.78 is 32.3. The highest BCUT2D eigenvalue weighted by Gasteiger charge is 2.45. The molecule has 0 bridgehead atoms. The predicted molar refractivity (Wildman–Crippen MR) is 103 cm³/mol. The number of carbonyl (C=O) groups is 2. The number of pyridine rings is 1. The SMILES string of the molecule is CC(C)CC(CC(=O)O)NC(=O)c1ccc(N2CC(F)(F)C2)c(OCC2CC2)n1. The molecule has 1 aromatic rings. The molecule has 3 rings (SSSR count). The van der Waals surface area contributed by atoms with Gasteiger partial charge in [-0.1, -0.05) is 13.8 Å². The highest BCUT2D eigenvalue weighted by Crippen LogP contribution is 2.37. The van der Waals surface area contributed by atoms with Crippen molar-refractivity contribution < 1.29 is 28.2 Å². The molecule has 160 valence electrons. The van der Waals surface area contributed by atoms with Gasteiger partial charge in [0.2, 0.25) is 5.88 Å². The Bertz CT molecular complexity index is 760.